The molecule has 2 heterocycles. The van der Waals surface area contributed by atoms with Gasteiger partial charge >= 0.3 is 0 Å². The van der Waals surface area contributed by atoms with E-state index in [-0.39, 0.29) is 0 Å². The van der Waals surface area contributed by atoms with Crippen LogP contribution in [-0.4, -0.2) is 35.3 Å². The Kier molecular flexibility index (Phi) is 3.15. The summed E-state index contributed by atoms with van der Waals surface area (Å²) in [5, 5.41) is 1.32. The molecule has 0 amide bonds. The number of rotatable bonds is 3. The number of hydrogen-bond donors (Lipinski definition) is 1. The Morgan fingerprint density at radius 3 is 2.78 bits per heavy atom. The van der Waals surface area contributed by atoms with Crippen LogP contribution in [0.5, 0.6) is 0 Å². The lowest BCUT2D eigenvalue weighted by atomic mass is 10.1. The number of ketones is 1. The van der Waals surface area contributed by atoms with E-state index in [0.29, 0.717) is 5.78 Å². The molecule has 1 aliphatic heterocycles. The third-order valence-corrected chi connectivity index (χ3v) is 3.79. The third-order valence-electron chi connectivity index (χ3n) is 3.79. The summed E-state index contributed by atoms with van der Waals surface area (Å²) >= 11 is 0. The van der Waals surface area contributed by atoms with Gasteiger partial charge in [-0.05, 0) is 18.1 Å². The van der Waals surface area contributed by atoms with Gasteiger partial charge in [0.1, 0.15) is 5.78 Å². The number of carbonyl (C=O) groups excluding carboxylic acids is 1. The van der Waals surface area contributed by atoms with Crippen molar-refractivity contribution < 1.29 is 4.79 Å². The number of piperidine rings is 1. The Balaban J connectivity index is 1.64. The first kappa shape index (κ1) is 11.5. The average molecular weight is 242 g/mol. The van der Waals surface area contributed by atoms with Gasteiger partial charge in [0, 0.05) is 49.6 Å². The van der Waals surface area contributed by atoms with Gasteiger partial charge in [-0.3, -0.25) is 4.79 Å². The van der Waals surface area contributed by atoms with E-state index in [4.69, 9.17) is 0 Å². The van der Waals surface area contributed by atoms with Gasteiger partial charge in [0.05, 0.1) is 0 Å². The number of hydrogen-bond acceptors (Lipinski definition) is 2. The lowest BCUT2D eigenvalue weighted by Gasteiger charge is -2.25. The number of carbonyl (C=O) groups is 1. The molecule has 0 spiro atoms. The highest BCUT2D eigenvalue weighted by Gasteiger charge is 2.15. The minimum atomic E-state index is 0.415. The summed E-state index contributed by atoms with van der Waals surface area (Å²) in [5.41, 5.74) is 2.59. The van der Waals surface area contributed by atoms with Crippen molar-refractivity contribution in [2.24, 2.45) is 0 Å². The maximum atomic E-state index is 11.2. The third kappa shape index (κ3) is 2.31. The molecule has 0 radical (unpaired) electrons. The topological polar surface area (TPSA) is 36.1 Å². The number of para-hydroxylation sites is 1. The fraction of sp³-hybridized carbons (Fsp3) is 0.400. The van der Waals surface area contributed by atoms with E-state index in [1.807, 2.05) is 0 Å². The number of aromatic nitrogens is 1. The molecule has 3 heteroatoms. The summed E-state index contributed by atoms with van der Waals surface area (Å²) < 4.78 is 0. The van der Waals surface area contributed by atoms with Crippen molar-refractivity contribution in [1.29, 1.82) is 0 Å². The highest BCUT2D eigenvalue weighted by Crippen LogP contribution is 2.18. The van der Waals surface area contributed by atoms with Crippen LogP contribution in [0, 0.1) is 0 Å². The summed E-state index contributed by atoms with van der Waals surface area (Å²) in [6, 6.07) is 8.41. The van der Waals surface area contributed by atoms with Gasteiger partial charge in [0.25, 0.3) is 0 Å². The molecule has 94 valence electrons. The zero-order valence-electron chi connectivity index (χ0n) is 10.5. The van der Waals surface area contributed by atoms with Crippen LogP contribution in [0.1, 0.15) is 18.4 Å². The molecule has 0 aliphatic carbocycles. The number of aromatic amines is 1. The van der Waals surface area contributed by atoms with E-state index < -0.39 is 0 Å². The number of nitrogens with one attached hydrogen (secondary N) is 1. The van der Waals surface area contributed by atoms with Crippen LogP contribution in [0.3, 0.4) is 0 Å². The van der Waals surface area contributed by atoms with Crippen LogP contribution >= 0.6 is 0 Å². The number of nitrogens with zero attached hydrogens (tertiary/aromatic N) is 1. The standard InChI is InChI=1S/C15H18N2O/c18-13-6-9-17(10-7-13)8-5-12-11-16-15-4-2-1-3-14(12)15/h1-4,11,16H,5-10H2. The van der Waals surface area contributed by atoms with E-state index in [0.717, 1.165) is 38.9 Å². The molecule has 0 saturated carbocycles. The predicted octanol–water partition coefficient (Wildman–Crippen LogP) is 2.38. The summed E-state index contributed by atoms with van der Waals surface area (Å²) in [6.07, 6.45) is 4.62. The first-order valence-corrected chi connectivity index (χ1v) is 6.62. The normalized spacial score (nSPS) is 17.4. The van der Waals surface area contributed by atoms with Gasteiger partial charge in [-0.2, -0.15) is 0 Å². The molecule has 2 aromatic rings. The second kappa shape index (κ2) is 4.94. The van der Waals surface area contributed by atoms with Gasteiger partial charge in [0.2, 0.25) is 0 Å². The number of benzene rings is 1. The zero-order valence-corrected chi connectivity index (χ0v) is 10.5. The molecular weight excluding hydrogens is 224 g/mol. The maximum absolute atomic E-state index is 11.2. The molecule has 1 aliphatic rings. The first-order chi connectivity index (χ1) is 8.83. The lowest BCUT2D eigenvalue weighted by molar-refractivity contribution is -0.121. The molecule has 1 aromatic carbocycles. The SMILES string of the molecule is O=C1CCN(CCc2c[nH]c3ccccc23)CC1. The molecule has 1 aromatic heterocycles. The van der Waals surface area contributed by atoms with Crippen molar-refractivity contribution in [2.45, 2.75) is 19.3 Å². The van der Waals surface area contributed by atoms with Crippen molar-refractivity contribution in [2.75, 3.05) is 19.6 Å². The Hall–Kier alpha value is -1.61. The molecule has 18 heavy (non-hydrogen) atoms. The van der Waals surface area contributed by atoms with Gasteiger partial charge < -0.3 is 9.88 Å². The maximum Gasteiger partial charge on any atom is 0.135 e. The van der Waals surface area contributed by atoms with Crippen molar-refractivity contribution in [3.63, 3.8) is 0 Å². The predicted molar refractivity (Wildman–Crippen MR) is 72.7 cm³/mol. The van der Waals surface area contributed by atoms with Gasteiger partial charge in [-0.25, -0.2) is 0 Å². The lowest BCUT2D eigenvalue weighted by Crippen LogP contribution is -2.35. The van der Waals surface area contributed by atoms with Gasteiger partial charge in [-0.15, -0.1) is 0 Å². The minimum absolute atomic E-state index is 0.415. The zero-order chi connectivity index (χ0) is 12.4. The van der Waals surface area contributed by atoms with Crippen LogP contribution in [0.25, 0.3) is 10.9 Å². The van der Waals surface area contributed by atoms with Crippen LogP contribution in [0.4, 0.5) is 0 Å². The van der Waals surface area contributed by atoms with Crippen molar-refractivity contribution >= 4 is 16.7 Å². The summed E-state index contributed by atoms with van der Waals surface area (Å²) in [7, 11) is 0. The second-order valence-corrected chi connectivity index (χ2v) is 4.99. The van der Waals surface area contributed by atoms with Crippen LogP contribution < -0.4 is 0 Å². The highest BCUT2D eigenvalue weighted by atomic mass is 16.1. The Bertz CT molecular complexity index is 548. The van der Waals surface area contributed by atoms with Gasteiger partial charge in [0.15, 0.2) is 0 Å². The van der Waals surface area contributed by atoms with E-state index in [9.17, 15) is 4.79 Å². The van der Waals surface area contributed by atoms with Crippen LogP contribution in [-0.2, 0) is 11.2 Å². The molecule has 0 atom stereocenters. The summed E-state index contributed by atoms with van der Waals surface area (Å²) in [6.45, 7) is 2.91. The fourth-order valence-electron chi connectivity index (χ4n) is 2.64. The van der Waals surface area contributed by atoms with E-state index in [2.05, 4.69) is 40.3 Å². The van der Waals surface area contributed by atoms with Crippen molar-refractivity contribution in [1.82, 2.24) is 9.88 Å². The monoisotopic (exact) mass is 242 g/mol. The molecule has 1 fully saturated rings. The Morgan fingerprint density at radius 1 is 1.17 bits per heavy atom. The largest absolute Gasteiger partial charge is 0.361 e. The van der Waals surface area contributed by atoms with Crippen molar-refractivity contribution in [3.8, 4) is 0 Å². The highest BCUT2D eigenvalue weighted by molar-refractivity contribution is 5.83. The Labute approximate surface area is 107 Å². The molecule has 0 unspecified atom stereocenters. The second-order valence-electron chi connectivity index (χ2n) is 4.99. The molecule has 3 nitrogen and oxygen atoms in total. The molecule has 0 bridgehead atoms. The molecular formula is C15H18N2O. The number of fused-ring (bicyclic) bond motifs is 1. The van der Waals surface area contributed by atoms with E-state index in [1.54, 1.807) is 0 Å². The average Bonchev–Trinajstić information content (AvgIpc) is 2.82. The van der Waals surface area contributed by atoms with Gasteiger partial charge in [-0.1, -0.05) is 18.2 Å². The smallest absolute Gasteiger partial charge is 0.135 e. The molecule has 1 N–H and O–H groups in total. The summed E-state index contributed by atoms with van der Waals surface area (Å²) in [4.78, 5) is 16.9. The molecule has 1 saturated heterocycles. The quantitative estimate of drug-likeness (QED) is 0.897. The Morgan fingerprint density at radius 2 is 1.94 bits per heavy atom. The summed E-state index contributed by atoms with van der Waals surface area (Å²) in [5.74, 6) is 0.415. The van der Waals surface area contributed by atoms with Crippen LogP contribution in [0.15, 0.2) is 30.5 Å². The minimum Gasteiger partial charge on any atom is -0.361 e. The first-order valence-electron chi connectivity index (χ1n) is 6.62. The number of H-pyrrole nitrogens is 1. The van der Waals surface area contributed by atoms with Crippen molar-refractivity contribution in [3.05, 3.63) is 36.0 Å². The van der Waals surface area contributed by atoms with E-state index >= 15 is 0 Å². The number of Topliss-reactive ketones (excluding diaryl/α,β-unsaturated/α-hetero) is 1. The van der Waals surface area contributed by atoms with Crippen LogP contribution in [0.2, 0.25) is 0 Å². The molecule has 3 rings (SSSR count). The fourth-order valence-corrected chi connectivity index (χ4v) is 2.64. The number of likely N-dealkylation sites (tertiary alicyclic amines) is 1. The van der Waals surface area contributed by atoms with E-state index in [1.165, 1.54) is 16.5 Å².